The summed E-state index contributed by atoms with van der Waals surface area (Å²) in [5.74, 6) is -0.0802. The quantitative estimate of drug-likeness (QED) is 0.382. The minimum absolute atomic E-state index is 0.0802. The molecule has 2 unspecified atom stereocenters. The van der Waals surface area contributed by atoms with E-state index in [1.54, 1.807) is 6.20 Å². The monoisotopic (exact) mass is 654 g/mol. The fraction of sp³-hybridized carbons (Fsp3) is 0.484. The third-order valence-corrected chi connectivity index (χ3v) is 9.69. The predicted molar refractivity (Wildman–Crippen MR) is 164 cm³/mol. The van der Waals surface area contributed by atoms with Crippen LogP contribution in [-0.2, 0) is 24.2 Å². The van der Waals surface area contributed by atoms with Gasteiger partial charge in [-0.3, -0.25) is 19.6 Å². The number of carbonyl (C=O) groups is 2. The average molecular weight is 656 g/mol. The number of carbonyl (C=O) groups excluding carboxylic acids is 1. The maximum absolute atomic E-state index is 14.3. The fourth-order valence-corrected chi connectivity index (χ4v) is 7.55. The lowest BCUT2D eigenvalue weighted by molar-refractivity contribution is -0.143. The number of likely N-dealkylation sites (tertiary alicyclic amines) is 1. The van der Waals surface area contributed by atoms with Crippen molar-refractivity contribution < 1.29 is 14.7 Å². The summed E-state index contributed by atoms with van der Waals surface area (Å²) in [6, 6.07) is 7.29. The number of nitrogens with zero attached hydrogens (tertiary/aromatic N) is 6. The Morgan fingerprint density at radius 1 is 1.07 bits per heavy atom. The molecule has 1 aromatic carbocycles. The van der Waals surface area contributed by atoms with Crippen LogP contribution in [0.25, 0.3) is 0 Å². The number of pyridine rings is 1. The van der Waals surface area contributed by atoms with Gasteiger partial charge in [0.25, 0.3) is 0 Å². The Balaban J connectivity index is 1.28. The van der Waals surface area contributed by atoms with Gasteiger partial charge >= 0.3 is 6.09 Å². The van der Waals surface area contributed by atoms with Gasteiger partial charge in [0, 0.05) is 66.9 Å². The molecular weight excluding hydrogens is 620 g/mol. The van der Waals surface area contributed by atoms with Crippen molar-refractivity contribution in [2.24, 2.45) is 0 Å². The van der Waals surface area contributed by atoms with Gasteiger partial charge in [0.2, 0.25) is 5.91 Å². The fourth-order valence-electron chi connectivity index (χ4n) is 6.97. The molecular formula is C31H36BrClN6O3. The van der Waals surface area contributed by atoms with Crippen LogP contribution in [0.1, 0.15) is 60.5 Å². The maximum atomic E-state index is 14.3. The second kappa shape index (κ2) is 12.7. The zero-order chi connectivity index (χ0) is 29.2. The molecule has 2 saturated heterocycles. The second-order valence-electron chi connectivity index (χ2n) is 11.6. The molecule has 3 atom stereocenters. The van der Waals surface area contributed by atoms with E-state index in [1.165, 1.54) is 10.5 Å². The molecule has 2 amide bonds. The van der Waals surface area contributed by atoms with E-state index in [4.69, 9.17) is 16.6 Å². The van der Waals surface area contributed by atoms with Crippen molar-refractivity contribution in [3.63, 3.8) is 0 Å². The Morgan fingerprint density at radius 3 is 2.74 bits per heavy atom. The van der Waals surface area contributed by atoms with Crippen molar-refractivity contribution in [3.05, 3.63) is 81.1 Å². The van der Waals surface area contributed by atoms with E-state index < -0.39 is 12.1 Å². The summed E-state index contributed by atoms with van der Waals surface area (Å²) in [4.78, 5) is 41.3. The number of benzene rings is 1. The van der Waals surface area contributed by atoms with Gasteiger partial charge in [-0.25, -0.2) is 9.78 Å². The number of hydrogen-bond acceptors (Lipinski definition) is 5. The third-order valence-electron chi connectivity index (χ3n) is 9.02. The third kappa shape index (κ3) is 6.07. The number of amides is 2. The van der Waals surface area contributed by atoms with Gasteiger partial charge in [0.1, 0.15) is 6.04 Å². The smallest absolute Gasteiger partial charge is 0.408 e. The van der Waals surface area contributed by atoms with E-state index in [2.05, 4.69) is 42.5 Å². The van der Waals surface area contributed by atoms with Crippen molar-refractivity contribution in [2.75, 3.05) is 26.2 Å². The van der Waals surface area contributed by atoms with Crippen LogP contribution < -0.4 is 0 Å². The van der Waals surface area contributed by atoms with Gasteiger partial charge in [0.15, 0.2) is 0 Å². The van der Waals surface area contributed by atoms with Crippen LogP contribution in [0.2, 0.25) is 5.02 Å². The maximum Gasteiger partial charge on any atom is 0.408 e. The summed E-state index contributed by atoms with van der Waals surface area (Å²) >= 11 is 10.0. The summed E-state index contributed by atoms with van der Waals surface area (Å²) in [7, 11) is 0. The van der Waals surface area contributed by atoms with E-state index >= 15 is 0 Å². The van der Waals surface area contributed by atoms with Crippen molar-refractivity contribution in [1.82, 2.24) is 29.2 Å². The minimum Gasteiger partial charge on any atom is -0.465 e. The first-order chi connectivity index (χ1) is 20.4. The second-order valence-corrected chi connectivity index (χ2v) is 12.9. The number of rotatable bonds is 6. The lowest BCUT2D eigenvalue weighted by Crippen LogP contribution is -2.63. The summed E-state index contributed by atoms with van der Waals surface area (Å²) in [6.07, 6.45) is 12.8. The zero-order valence-electron chi connectivity index (χ0n) is 23.5. The van der Waals surface area contributed by atoms with E-state index in [9.17, 15) is 14.7 Å². The lowest BCUT2D eigenvalue weighted by Gasteiger charge is -2.46. The molecule has 0 saturated carbocycles. The highest BCUT2D eigenvalue weighted by Crippen LogP contribution is 2.39. The van der Waals surface area contributed by atoms with E-state index in [1.807, 2.05) is 35.8 Å². The summed E-state index contributed by atoms with van der Waals surface area (Å²) < 4.78 is 2.99. The Bertz CT molecular complexity index is 1380. The highest BCUT2D eigenvalue weighted by atomic mass is 79.9. The molecule has 0 spiro atoms. The molecule has 6 rings (SSSR count). The molecule has 2 aromatic heterocycles. The molecule has 1 aliphatic carbocycles. The number of hydrogen-bond donors (Lipinski definition) is 1. The molecule has 4 heterocycles. The number of piperazine rings is 1. The van der Waals surface area contributed by atoms with Crippen molar-refractivity contribution >= 4 is 39.5 Å². The molecule has 3 aromatic rings. The SMILES string of the molecule is O=C(O)N1CCN(C2c3ccc(Cl)cc3CCc3cc(Br)cnc32)CC1C(=O)N1CCCC[C@@H]1CCCn1ccnc1. The molecule has 1 N–H and O–H groups in total. The molecule has 0 bridgehead atoms. The van der Waals surface area contributed by atoms with Gasteiger partial charge in [-0.05, 0) is 95.8 Å². The number of carboxylic acid groups (broad SMARTS) is 1. The molecule has 3 aliphatic rings. The number of aromatic nitrogens is 3. The molecule has 2 fully saturated rings. The highest BCUT2D eigenvalue weighted by Gasteiger charge is 2.43. The summed E-state index contributed by atoms with van der Waals surface area (Å²) in [6.45, 7) is 2.60. The van der Waals surface area contributed by atoms with Crippen LogP contribution >= 0.6 is 27.5 Å². The van der Waals surface area contributed by atoms with Gasteiger partial charge in [-0.1, -0.05) is 17.7 Å². The van der Waals surface area contributed by atoms with Crippen LogP contribution in [0.4, 0.5) is 4.79 Å². The van der Waals surface area contributed by atoms with E-state index in [0.717, 1.165) is 72.8 Å². The van der Waals surface area contributed by atoms with Crippen molar-refractivity contribution in [1.29, 1.82) is 0 Å². The molecule has 9 nitrogen and oxygen atoms in total. The molecule has 222 valence electrons. The van der Waals surface area contributed by atoms with Crippen LogP contribution in [0.5, 0.6) is 0 Å². The topological polar surface area (TPSA) is 94.8 Å². The first-order valence-corrected chi connectivity index (χ1v) is 16.0. The molecule has 42 heavy (non-hydrogen) atoms. The minimum atomic E-state index is -1.04. The Kier molecular flexibility index (Phi) is 8.83. The number of halogens is 2. The largest absolute Gasteiger partial charge is 0.465 e. The number of fused-ring (bicyclic) bond motifs is 2. The number of aryl methyl sites for hydroxylation is 3. The Labute approximate surface area is 259 Å². The van der Waals surface area contributed by atoms with Crippen molar-refractivity contribution in [2.45, 2.75) is 69.6 Å². The first kappa shape index (κ1) is 29.1. The van der Waals surface area contributed by atoms with E-state index in [-0.39, 0.29) is 24.5 Å². The normalized spacial score (nSPS) is 22.8. The van der Waals surface area contributed by atoms with Crippen molar-refractivity contribution in [3.8, 4) is 0 Å². The van der Waals surface area contributed by atoms with Crippen LogP contribution in [0, 0.1) is 0 Å². The van der Waals surface area contributed by atoms with Gasteiger partial charge in [0.05, 0.1) is 18.1 Å². The first-order valence-electron chi connectivity index (χ1n) is 14.8. The van der Waals surface area contributed by atoms with Gasteiger partial charge in [-0.2, -0.15) is 0 Å². The standard InChI is InChI=1S/C31H36BrClN6O3/c32-23-16-22-7-6-21-17-24(33)8-9-26(21)29(28(22)35-18-23)37-14-15-39(31(41)42)27(19-37)30(40)38-12-2-1-4-25(38)5-3-11-36-13-10-34-20-36/h8-10,13,16-18,20,25,27,29H,1-7,11-12,14-15,19H2,(H,41,42)/t25-,27?,29?/m1/s1. The number of imidazole rings is 1. The highest BCUT2D eigenvalue weighted by molar-refractivity contribution is 9.10. The van der Waals surface area contributed by atoms with Crippen LogP contribution in [0.15, 0.2) is 53.7 Å². The lowest BCUT2D eigenvalue weighted by atomic mass is 9.94. The summed E-state index contributed by atoms with van der Waals surface area (Å²) in [5.41, 5.74) is 4.40. The Morgan fingerprint density at radius 2 is 1.93 bits per heavy atom. The van der Waals surface area contributed by atoms with Gasteiger partial charge in [-0.15, -0.1) is 0 Å². The molecule has 11 heteroatoms. The average Bonchev–Trinajstić information content (AvgIpc) is 3.46. The van der Waals surface area contributed by atoms with E-state index in [0.29, 0.717) is 24.7 Å². The zero-order valence-corrected chi connectivity index (χ0v) is 25.9. The molecule has 2 aliphatic heterocycles. The summed E-state index contributed by atoms with van der Waals surface area (Å²) in [5, 5.41) is 10.9. The molecule has 0 radical (unpaired) electrons. The van der Waals surface area contributed by atoms with Gasteiger partial charge < -0.3 is 14.6 Å². The predicted octanol–water partition coefficient (Wildman–Crippen LogP) is 5.41. The van der Waals surface area contributed by atoms with Crippen LogP contribution in [0.3, 0.4) is 0 Å². The Hall–Kier alpha value is -2.95. The van der Waals surface area contributed by atoms with Crippen LogP contribution in [-0.4, -0.2) is 84.6 Å². The number of piperidine rings is 1.